The van der Waals surface area contributed by atoms with Gasteiger partial charge in [0.2, 0.25) is 0 Å². The van der Waals surface area contributed by atoms with Crippen LogP contribution in [0.1, 0.15) is 61.1 Å². The van der Waals surface area contributed by atoms with E-state index in [1.54, 1.807) is 0 Å². The topological polar surface area (TPSA) is 16.3 Å². The summed E-state index contributed by atoms with van der Waals surface area (Å²) in [6.07, 6.45) is 0. The minimum Gasteiger partial charge on any atom is -0.310 e. The molecule has 4 heterocycles. The third-order valence-electron chi connectivity index (χ3n) is 16.0. The Labute approximate surface area is 408 Å². The van der Waals surface area contributed by atoms with Gasteiger partial charge in [0, 0.05) is 55.1 Å². The Balaban J connectivity index is 0.983. The van der Waals surface area contributed by atoms with Crippen LogP contribution in [-0.2, 0) is 10.8 Å². The van der Waals surface area contributed by atoms with Crippen LogP contribution in [-0.4, -0.2) is 9.13 Å². The van der Waals surface area contributed by atoms with Crippen molar-refractivity contribution in [2.24, 2.45) is 0 Å². The fourth-order valence-electron chi connectivity index (χ4n) is 12.6. The maximum absolute atomic E-state index is 2.55. The number of para-hydroxylation sites is 6. The Kier molecular flexibility index (Phi) is 8.48. The van der Waals surface area contributed by atoms with Crippen molar-refractivity contribution in [3.8, 4) is 11.4 Å². The van der Waals surface area contributed by atoms with Crippen LogP contribution in [0.2, 0.25) is 0 Å². The summed E-state index contributed by atoms with van der Waals surface area (Å²) >= 11 is 0. The molecule has 12 aromatic rings. The van der Waals surface area contributed by atoms with Crippen LogP contribution in [0.3, 0.4) is 0 Å². The van der Waals surface area contributed by atoms with Crippen LogP contribution in [0, 0.1) is 13.8 Å². The molecule has 336 valence electrons. The summed E-state index contributed by atoms with van der Waals surface area (Å²) in [5.41, 5.74) is 21.7. The molecule has 0 spiro atoms. The van der Waals surface area contributed by atoms with E-state index in [1.807, 2.05) is 0 Å². The number of anilines is 6. The van der Waals surface area contributed by atoms with Crippen molar-refractivity contribution in [1.29, 1.82) is 0 Å². The zero-order valence-electron chi connectivity index (χ0n) is 40.4. The molecule has 0 fully saturated rings. The second kappa shape index (κ2) is 14.6. The lowest BCUT2D eigenvalue weighted by atomic mass is 9.73. The number of hydrogen-bond acceptors (Lipinski definition) is 2. The zero-order chi connectivity index (χ0) is 47.2. The molecule has 10 aromatic carbocycles. The lowest BCUT2D eigenvalue weighted by Crippen LogP contribution is -2.31. The van der Waals surface area contributed by atoms with E-state index < -0.39 is 0 Å². The molecular weight excluding hydrogens is 849 g/mol. The number of aromatic nitrogens is 2. The van der Waals surface area contributed by atoms with Gasteiger partial charge < -0.3 is 18.9 Å². The summed E-state index contributed by atoms with van der Waals surface area (Å²) in [6.45, 7) is 14.2. The highest BCUT2D eigenvalue weighted by Crippen LogP contribution is 2.57. The average molecular weight is 901 g/mol. The van der Waals surface area contributed by atoms with Crippen molar-refractivity contribution in [3.63, 3.8) is 0 Å². The summed E-state index contributed by atoms with van der Waals surface area (Å²) < 4.78 is 4.89. The molecule has 0 bridgehead atoms. The minimum atomic E-state index is -0.237. The van der Waals surface area contributed by atoms with E-state index in [2.05, 4.69) is 267 Å². The highest BCUT2D eigenvalue weighted by atomic mass is 15.2. The molecule has 0 unspecified atom stereocenters. The number of nitrogens with zero attached hydrogens (tertiary/aromatic N) is 4. The van der Waals surface area contributed by atoms with Gasteiger partial charge in [0.25, 0.3) is 0 Å². The van der Waals surface area contributed by atoms with Gasteiger partial charge in [0.05, 0.1) is 44.8 Å². The van der Waals surface area contributed by atoms with Gasteiger partial charge in [-0.2, -0.15) is 0 Å². The lowest BCUT2D eigenvalue weighted by molar-refractivity contribution is 0.632. The Morgan fingerprint density at radius 3 is 1.09 bits per heavy atom. The molecule has 2 aliphatic rings. The smallest absolute Gasteiger partial charge is 0.0562 e. The molecule has 2 aromatic heterocycles. The van der Waals surface area contributed by atoms with E-state index in [-0.39, 0.29) is 10.8 Å². The molecule has 70 heavy (non-hydrogen) atoms. The first-order valence-corrected chi connectivity index (χ1v) is 24.7. The Hall–Kier alpha value is -8.34. The second-order valence-corrected chi connectivity index (χ2v) is 20.7. The quantitative estimate of drug-likeness (QED) is 0.175. The number of fused-ring (bicyclic) bond motifs is 11. The van der Waals surface area contributed by atoms with Crippen LogP contribution in [0.5, 0.6) is 0 Å². The predicted molar refractivity (Wildman–Crippen MR) is 296 cm³/mol. The second-order valence-electron chi connectivity index (χ2n) is 20.7. The van der Waals surface area contributed by atoms with E-state index in [4.69, 9.17) is 0 Å². The molecule has 0 saturated heterocycles. The molecule has 2 aliphatic heterocycles. The largest absolute Gasteiger partial charge is 0.310 e. The van der Waals surface area contributed by atoms with Crippen molar-refractivity contribution < 1.29 is 0 Å². The van der Waals surface area contributed by atoms with Gasteiger partial charge in [-0.15, -0.1) is 0 Å². The first kappa shape index (κ1) is 40.7. The highest BCUT2D eigenvalue weighted by Gasteiger charge is 2.40. The number of aryl methyl sites for hydroxylation is 2. The first-order chi connectivity index (χ1) is 34.1. The average Bonchev–Trinajstić information content (AvgIpc) is 3.89. The molecule has 4 heteroatoms. The van der Waals surface area contributed by atoms with Crippen LogP contribution in [0.25, 0.3) is 65.8 Å². The summed E-state index contributed by atoms with van der Waals surface area (Å²) in [6, 6.07) is 77.1. The molecule has 0 amide bonds. The van der Waals surface area contributed by atoms with Gasteiger partial charge in [0.15, 0.2) is 0 Å². The first-order valence-electron chi connectivity index (χ1n) is 24.7. The molecule has 0 aliphatic carbocycles. The van der Waals surface area contributed by atoms with Crippen molar-refractivity contribution in [2.45, 2.75) is 52.4 Å². The molecule has 0 atom stereocenters. The summed E-state index contributed by atoms with van der Waals surface area (Å²) in [5.74, 6) is 0. The molecule has 4 nitrogen and oxygen atoms in total. The van der Waals surface area contributed by atoms with Crippen LogP contribution in [0.15, 0.2) is 206 Å². The normalized spacial score (nSPS) is 14.6. The van der Waals surface area contributed by atoms with Crippen LogP contribution in [0.4, 0.5) is 34.1 Å². The lowest BCUT2D eigenvalue weighted by Gasteiger charge is -2.43. The van der Waals surface area contributed by atoms with Gasteiger partial charge >= 0.3 is 0 Å². The third-order valence-corrected chi connectivity index (χ3v) is 16.0. The van der Waals surface area contributed by atoms with Crippen LogP contribution < -0.4 is 9.80 Å². The van der Waals surface area contributed by atoms with Crippen molar-refractivity contribution >= 4 is 88.5 Å². The van der Waals surface area contributed by atoms with E-state index in [1.165, 1.54) is 122 Å². The van der Waals surface area contributed by atoms with Crippen molar-refractivity contribution in [2.75, 3.05) is 9.80 Å². The van der Waals surface area contributed by atoms with Crippen molar-refractivity contribution in [3.05, 3.63) is 240 Å². The Bertz CT molecular complexity index is 3880. The van der Waals surface area contributed by atoms with E-state index in [0.717, 1.165) is 11.4 Å². The van der Waals surface area contributed by atoms with Gasteiger partial charge in [0.1, 0.15) is 0 Å². The molecule has 0 radical (unpaired) electrons. The highest BCUT2D eigenvalue weighted by molar-refractivity contribution is 6.13. The van der Waals surface area contributed by atoms with Gasteiger partial charge in [-0.3, -0.25) is 0 Å². The molecule has 14 rings (SSSR count). The van der Waals surface area contributed by atoms with Gasteiger partial charge in [-0.05, 0) is 155 Å². The standard InChI is InChI=1S/C66H52N4/c1-41-33-43-36-60(70-58-32-20-16-28-52(58)66(5,6)54-38-50-48-26-14-18-30-56(48)68(62(50)40-64(54)70)46-23-11-8-12-24-46)42(2)34-44(43)35-59(41)69-57-31-19-15-27-51(57)65(3,4)53-37-49-47-25-13-17-29-55(47)67(61(49)39-63(53)69)45-21-9-7-10-22-45/h7-40H,1-6H3. The maximum atomic E-state index is 2.55. The molecular formula is C66H52N4. The van der Waals surface area contributed by atoms with E-state index in [9.17, 15) is 0 Å². The fourth-order valence-corrected chi connectivity index (χ4v) is 12.6. The van der Waals surface area contributed by atoms with Crippen molar-refractivity contribution in [1.82, 2.24) is 9.13 Å². The SMILES string of the molecule is Cc1cc2cc(N3c4ccccc4C(C)(C)c4cc5c6ccccc6n(-c6ccccc6)c5cc43)c(C)cc2cc1N1c2ccccc2C(C)(C)c2cc3c4ccccc4n(-c4ccccc4)c3cc21. The number of benzene rings is 10. The van der Waals surface area contributed by atoms with Gasteiger partial charge in [-0.25, -0.2) is 0 Å². The minimum absolute atomic E-state index is 0.237. The fraction of sp³-hybridized carbons (Fsp3) is 0.121. The maximum Gasteiger partial charge on any atom is 0.0562 e. The summed E-state index contributed by atoms with van der Waals surface area (Å²) in [7, 11) is 0. The van der Waals surface area contributed by atoms with Gasteiger partial charge in [-0.1, -0.05) is 137 Å². The zero-order valence-corrected chi connectivity index (χ0v) is 40.4. The van der Waals surface area contributed by atoms with E-state index >= 15 is 0 Å². The van der Waals surface area contributed by atoms with E-state index in [0.29, 0.717) is 0 Å². The summed E-state index contributed by atoms with van der Waals surface area (Å²) in [4.78, 5) is 5.10. The monoisotopic (exact) mass is 900 g/mol. The molecule has 0 N–H and O–H groups in total. The summed E-state index contributed by atoms with van der Waals surface area (Å²) in [5, 5.41) is 7.52. The Morgan fingerprint density at radius 1 is 0.286 bits per heavy atom. The van der Waals surface area contributed by atoms with Crippen LogP contribution >= 0.6 is 0 Å². The third kappa shape index (κ3) is 5.59. The number of rotatable bonds is 4. The molecule has 0 saturated carbocycles. The Morgan fingerprint density at radius 2 is 0.657 bits per heavy atom. The predicted octanol–water partition coefficient (Wildman–Crippen LogP) is 17.9. The number of hydrogen-bond donors (Lipinski definition) is 0.